The van der Waals surface area contributed by atoms with Crippen LogP contribution in [0.2, 0.25) is 0 Å². The minimum absolute atomic E-state index is 0.0942. The predicted molar refractivity (Wildman–Crippen MR) is 152 cm³/mol. The third kappa shape index (κ3) is 7.89. The number of rotatable bonds is 13. The van der Waals surface area contributed by atoms with Crippen molar-refractivity contribution in [2.75, 3.05) is 13.7 Å². The number of hydrogen-bond donors (Lipinski definition) is 1. The SMILES string of the molecule is COc1ccc(CC(C)N(Cc2ccccc2)CC(O)c2ccc(OCc3ccccc3)c([N+](=O)[O-])c2)cc1. The average molecular weight is 527 g/mol. The van der Waals surface area contributed by atoms with E-state index in [2.05, 4.69) is 24.0 Å². The maximum absolute atomic E-state index is 11.9. The molecule has 4 rings (SSSR count). The molecule has 4 aromatic carbocycles. The van der Waals surface area contributed by atoms with E-state index < -0.39 is 11.0 Å². The summed E-state index contributed by atoms with van der Waals surface area (Å²) in [5.74, 6) is 0.981. The van der Waals surface area contributed by atoms with Gasteiger partial charge in [0.25, 0.3) is 0 Å². The number of nitro benzene ring substituents is 1. The van der Waals surface area contributed by atoms with E-state index in [0.29, 0.717) is 18.7 Å². The highest BCUT2D eigenvalue weighted by molar-refractivity contribution is 5.49. The molecule has 0 aliphatic carbocycles. The first kappa shape index (κ1) is 27.8. The molecule has 1 N–H and O–H groups in total. The third-order valence-corrected chi connectivity index (χ3v) is 6.75. The van der Waals surface area contributed by atoms with Gasteiger partial charge in [-0.1, -0.05) is 78.9 Å². The van der Waals surface area contributed by atoms with Gasteiger partial charge in [-0.15, -0.1) is 0 Å². The fraction of sp³-hybridized carbons (Fsp3) is 0.250. The van der Waals surface area contributed by atoms with Crippen LogP contribution >= 0.6 is 0 Å². The Kier molecular flexibility index (Phi) is 9.67. The number of methoxy groups -OCH3 is 1. The van der Waals surface area contributed by atoms with Crippen LogP contribution in [0.25, 0.3) is 0 Å². The van der Waals surface area contributed by atoms with Crippen molar-refractivity contribution in [1.82, 2.24) is 4.90 Å². The van der Waals surface area contributed by atoms with Crippen LogP contribution in [0.1, 0.15) is 35.3 Å². The Morgan fingerprint density at radius 3 is 2.13 bits per heavy atom. The van der Waals surface area contributed by atoms with Gasteiger partial charge in [0.05, 0.1) is 18.1 Å². The summed E-state index contributed by atoms with van der Waals surface area (Å²) in [5.41, 5.74) is 3.51. The molecule has 0 amide bonds. The molecule has 0 aliphatic heterocycles. The molecule has 39 heavy (non-hydrogen) atoms. The molecule has 0 saturated heterocycles. The number of aliphatic hydroxyl groups excluding tert-OH is 1. The minimum Gasteiger partial charge on any atom is -0.497 e. The summed E-state index contributed by atoms with van der Waals surface area (Å²) in [5, 5.41) is 23.1. The van der Waals surface area contributed by atoms with Crippen molar-refractivity contribution >= 4 is 5.69 Å². The Morgan fingerprint density at radius 2 is 1.51 bits per heavy atom. The number of hydrogen-bond acceptors (Lipinski definition) is 6. The monoisotopic (exact) mass is 526 g/mol. The Bertz CT molecular complexity index is 1330. The van der Waals surface area contributed by atoms with Gasteiger partial charge in [0.1, 0.15) is 12.4 Å². The van der Waals surface area contributed by atoms with Gasteiger partial charge >= 0.3 is 5.69 Å². The van der Waals surface area contributed by atoms with E-state index in [4.69, 9.17) is 9.47 Å². The van der Waals surface area contributed by atoms with Crippen molar-refractivity contribution in [2.45, 2.75) is 38.6 Å². The molecule has 4 aromatic rings. The number of aliphatic hydroxyl groups is 1. The van der Waals surface area contributed by atoms with E-state index in [-0.39, 0.29) is 24.1 Å². The maximum atomic E-state index is 11.9. The zero-order valence-electron chi connectivity index (χ0n) is 22.3. The number of benzene rings is 4. The molecule has 0 fully saturated rings. The lowest BCUT2D eigenvalue weighted by molar-refractivity contribution is -0.386. The molecule has 7 heteroatoms. The molecule has 0 aromatic heterocycles. The smallest absolute Gasteiger partial charge is 0.311 e. The summed E-state index contributed by atoms with van der Waals surface area (Å²) in [4.78, 5) is 13.6. The van der Waals surface area contributed by atoms with Gasteiger partial charge in [-0.3, -0.25) is 15.0 Å². The molecular formula is C32H34N2O5. The van der Waals surface area contributed by atoms with Crippen LogP contribution in [-0.4, -0.2) is 34.6 Å². The normalized spacial score (nSPS) is 12.6. The zero-order chi connectivity index (χ0) is 27.6. The van der Waals surface area contributed by atoms with Gasteiger partial charge < -0.3 is 14.6 Å². The molecule has 0 saturated carbocycles. The van der Waals surface area contributed by atoms with Crippen LogP contribution in [0, 0.1) is 10.1 Å². The average Bonchev–Trinajstić information content (AvgIpc) is 2.97. The Morgan fingerprint density at radius 1 is 0.872 bits per heavy atom. The minimum atomic E-state index is -0.922. The Labute approximate surface area is 229 Å². The van der Waals surface area contributed by atoms with Gasteiger partial charge in [0, 0.05) is 25.2 Å². The van der Waals surface area contributed by atoms with Crippen molar-refractivity contribution in [3.8, 4) is 11.5 Å². The second-order valence-corrected chi connectivity index (χ2v) is 9.59. The number of ether oxygens (including phenoxy) is 2. The lowest BCUT2D eigenvalue weighted by Gasteiger charge is -2.31. The highest BCUT2D eigenvalue weighted by Crippen LogP contribution is 2.32. The number of nitro groups is 1. The van der Waals surface area contributed by atoms with Crippen LogP contribution in [0.3, 0.4) is 0 Å². The molecular weight excluding hydrogens is 492 g/mol. The van der Waals surface area contributed by atoms with E-state index >= 15 is 0 Å². The summed E-state index contributed by atoms with van der Waals surface area (Å²) in [7, 11) is 1.65. The largest absolute Gasteiger partial charge is 0.497 e. The predicted octanol–water partition coefficient (Wildman–Crippen LogP) is 6.35. The van der Waals surface area contributed by atoms with Gasteiger partial charge in [-0.05, 0) is 53.8 Å². The summed E-state index contributed by atoms with van der Waals surface area (Å²) in [6.45, 7) is 3.29. The van der Waals surface area contributed by atoms with Crippen LogP contribution in [0.4, 0.5) is 5.69 Å². The van der Waals surface area contributed by atoms with Crippen molar-refractivity contribution in [2.24, 2.45) is 0 Å². The number of nitrogens with zero attached hydrogens (tertiary/aromatic N) is 2. The van der Waals surface area contributed by atoms with E-state index in [1.807, 2.05) is 72.8 Å². The summed E-state index contributed by atoms with van der Waals surface area (Å²) >= 11 is 0. The van der Waals surface area contributed by atoms with E-state index in [0.717, 1.165) is 28.9 Å². The maximum Gasteiger partial charge on any atom is 0.311 e. The molecule has 0 spiro atoms. The summed E-state index contributed by atoms with van der Waals surface area (Å²) in [6, 6.07) is 32.3. The van der Waals surface area contributed by atoms with Gasteiger partial charge in [-0.2, -0.15) is 0 Å². The fourth-order valence-corrected chi connectivity index (χ4v) is 4.52. The fourth-order valence-electron chi connectivity index (χ4n) is 4.52. The van der Waals surface area contributed by atoms with Crippen LogP contribution in [-0.2, 0) is 19.6 Å². The molecule has 0 aliphatic rings. The van der Waals surface area contributed by atoms with Crippen LogP contribution in [0.5, 0.6) is 11.5 Å². The molecule has 2 unspecified atom stereocenters. The van der Waals surface area contributed by atoms with Crippen molar-refractivity contribution in [1.29, 1.82) is 0 Å². The lowest BCUT2D eigenvalue weighted by Crippen LogP contribution is -2.37. The third-order valence-electron chi connectivity index (χ3n) is 6.75. The molecule has 7 nitrogen and oxygen atoms in total. The highest BCUT2D eigenvalue weighted by atomic mass is 16.6. The van der Waals surface area contributed by atoms with Crippen molar-refractivity contribution in [3.63, 3.8) is 0 Å². The molecule has 0 heterocycles. The molecule has 202 valence electrons. The first-order valence-electron chi connectivity index (χ1n) is 13.0. The van der Waals surface area contributed by atoms with Crippen molar-refractivity contribution in [3.05, 3.63) is 135 Å². The molecule has 2 atom stereocenters. The van der Waals surface area contributed by atoms with Gasteiger partial charge in [0.15, 0.2) is 5.75 Å². The topological polar surface area (TPSA) is 85.1 Å². The molecule has 0 bridgehead atoms. The molecule has 0 radical (unpaired) electrons. The zero-order valence-corrected chi connectivity index (χ0v) is 22.3. The van der Waals surface area contributed by atoms with Gasteiger partial charge in [-0.25, -0.2) is 0 Å². The Balaban J connectivity index is 1.51. The van der Waals surface area contributed by atoms with E-state index in [1.54, 1.807) is 19.2 Å². The van der Waals surface area contributed by atoms with Crippen LogP contribution < -0.4 is 9.47 Å². The summed E-state index contributed by atoms with van der Waals surface area (Å²) in [6.07, 6.45) is -0.149. The first-order chi connectivity index (χ1) is 18.9. The standard InChI is InChI=1S/C32H34N2O5/c1-24(19-25-13-16-29(38-2)17-14-25)33(21-26-9-5-3-6-10-26)22-31(35)28-15-18-32(30(20-28)34(36)37)39-23-27-11-7-4-8-12-27/h3-18,20,24,31,35H,19,21-23H2,1-2H3. The first-order valence-corrected chi connectivity index (χ1v) is 13.0. The quantitative estimate of drug-likeness (QED) is 0.161. The van der Waals surface area contributed by atoms with Crippen LogP contribution in [0.15, 0.2) is 103 Å². The Hall–Kier alpha value is -4.20. The second-order valence-electron chi connectivity index (χ2n) is 9.59. The summed E-state index contributed by atoms with van der Waals surface area (Å²) < 4.78 is 11.0. The van der Waals surface area contributed by atoms with E-state index in [1.165, 1.54) is 6.07 Å². The second kappa shape index (κ2) is 13.6. The van der Waals surface area contributed by atoms with Crippen molar-refractivity contribution < 1.29 is 19.5 Å². The lowest BCUT2D eigenvalue weighted by atomic mass is 10.0. The van der Waals surface area contributed by atoms with Gasteiger partial charge in [0.2, 0.25) is 0 Å². The van der Waals surface area contributed by atoms with E-state index in [9.17, 15) is 15.2 Å². The highest BCUT2D eigenvalue weighted by Gasteiger charge is 2.23.